The van der Waals surface area contributed by atoms with Gasteiger partial charge in [0.1, 0.15) is 5.82 Å². The van der Waals surface area contributed by atoms with E-state index < -0.39 is 0 Å². The molecule has 0 saturated carbocycles. The number of nitrogens with two attached hydrogens (primary N) is 1. The van der Waals surface area contributed by atoms with E-state index in [0.29, 0.717) is 21.6 Å². The molecule has 84 valence electrons. The molecule has 0 aliphatic heterocycles. The van der Waals surface area contributed by atoms with Crippen LogP contribution in [0.3, 0.4) is 0 Å². The number of halogens is 2. The van der Waals surface area contributed by atoms with E-state index in [1.165, 1.54) is 12.1 Å². The molecule has 0 spiro atoms. The van der Waals surface area contributed by atoms with Crippen molar-refractivity contribution in [3.05, 3.63) is 34.2 Å². The van der Waals surface area contributed by atoms with Gasteiger partial charge in [0.25, 0.3) is 0 Å². The Hall–Kier alpha value is -1.35. The Labute approximate surface area is 98.2 Å². The van der Waals surface area contributed by atoms with Crippen LogP contribution in [0.2, 0.25) is 5.02 Å². The molecule has 0 radical (unpaired) electrons. The molecule has 0 unspecified atom stereocenters. The third-order valence-electron chi connectivity index (χ3n) is 2.77. The number of hydrogen-bond donors (Lipinski definition) is 1. The Morgan fingerprint density at radius 3 is 2.75 bits per heavy atom. The minimum atomic E-state index is -0.379. The van der Waals surface area contributed by atoms with Crippen molar-refractivity contribution in [3.8, 4) is 0 Å². The summed E-state index contributed by atoms with van der Waals surface area (Å²) in [4.78, 5) is 4.36. The smallest absolute Gasteiger partial charge is 0.134 e. The minimum Gasteiger partial charge on any atom is -0.398 e. The Kier molecular flexibility index (Phi) is 2.72. The molecule has 2 N–H and O–H groups in total. The fraction of sp³-hybridized carbons (Fsp3) is 0.250. The zero-order valence-electron chi connectivity index (χ0n) is 9.14. The van der Waals surface area contributed by atoms with Crippen molar-refractivity contribution >= 4 is 28.2 Å². The van der Waals surface area contributed by atoms with Crippen LogP contribution in [0.25, 0.3) is 10.9 Å². The first-order chi connectivity index (χ1) is 7.56. The zero-order chi connectivity index (χ0) is 11.9. The summed E-state index contributed by atoms with van der Waals surface area (Å²) >= 11 is 6.00. The lowest BCUT2D eigenvalue weighted by atomic mass is 10.1. The molecule has 0 atom stereocenters. The maximum Gasteiger partial charge on any atom is 0.134 e. The second-order valence-electron chi connectivity index (χ2n) is 3.70. The summed E-state index contributed by atoms with van der Waals surface area (Å²) in [5.41, 5.74) is 8.49. The first kappa shape index (κ1) is 11.1. The van der Waals surface area contributed by atoms with Gasteiger partial charge in [-0.25, -0.2) is 4.39 Å². The predicted octanol–water partition coefficient (Wildman–Crippen LogP) is 3.48. The highest BCUT2D eigenvalue weighted by molar-refractivity contribution is 6.35. The lowest BCUT2D eigenvalue weighted by Gasteiger charge is -2.11. The number of rotatable bonds is 1. The van der Waals surface area contributed by atoms with Crippen molar-refractivity contribution < 1.29 is 4.39 Å². The molecule has 0 saturated heterocycles. The molecule has 1 aromatic carbocycles. The minimum absolute atomic E-state index is 0.321. The third-order valence-corrected chi connectivity index (χ3v) is 3.07. The van der Waals surface area contributed by atoms with Gasteiger partial charge >= 0.3 is 0 Å². The molecule has 4 heteroatoms. The normalized spacial score (nSPS) is 11.0. The van der Waals surface area contributed by atoms with Gasteiger partial charge in [0.05, 0.1) is 15.9 Å². The number of aryl methyl sites for hydroxylation is 1. The second kappa shape index (κ2) is 3.91. The molecule has 0 amide bonds. The summed E-state index contributed by atoms with van der Waals surface area (Å²) in [6.45, 7) is 3.83. The van der Waals surface area contributed by atoms with Crippen molar-refractivity contribution in [2.24, 2.45) is 0 Å². The molecule has 2 aromatic rings. The zero-order valence-corrected chi connectivity index (χ0v) is 9.90. The van der Waals surface area contributed by atoms with Crippen molar-refractivity contribution in [1.29, 1.82) is 0 Å². The average Bonchev–Trinajstić information content (AvgIpc) is 2.27. The summed E-state index contributed by atoms with van der Waals surface area (Å²) in [6.07, 6.45) is 0.749. The molecule has 1 aromatic heterocycles. The molecule has 0 bridgehead atoms. The van der Waals surface area contributed by atoms with Crippen LogP contribution in [-0.2, 0) is 6.42 Å². The quantitative estimate of drug-likeness (QED) is 0.826. The van der Waals surface area contributed by atoms with E-state index in [-0.39, 0.29) is 5.82 Å². The monoisotopic (exact) mass is 238 g/mol. The van der Waals surface area contributed by atoms with E-state index in [1.54, 1.807) is 0 Å². The van der Waals surface area contributed by atoms with Crippen LogP contribution in [0.1, 0.15) is 18.2 Å². The highest BCUT2D eigenvalue weighted by Crippen LogP contribution is 2.32. The molecule has 0 aliphatic carbocycles. The Balaban J connectivity index is 2.97. The lowest BCUT2D eigenvalue weighted by Crippen LogP contribution is -2.01. The van der Waals surface area contributed by atoms with Crippen molar-refractivity contribution in [1.82, 2.24) is 4.98 Å². The fourth-order valence-electron chi connectivity index (χ4n) is 1.81. The summed E-state index contributed by atoms with van der Waals surface area (Å²) in [6, 6.07) is 2.81. The number of anilines is 1. The van der Waals surface area contributed by atoms with Crippen LogP contribution in [-0.4, -0.2) is 4.98 Å². The van der Waals surface area contributed by atoms with Gasteiger partial charge in [0.15, 0.2) is 0 Å². The number of nitrogens with zero attached hydrogens (tertiary/aromatic N) is 1. The molecule has 16 heavy (non-hydrogen) atoms. The number of benzene rings is 1. The number of pyridine rings is 1. The highest BCUT2D eigenvalue weighted by Gasteiger charge is 2.14. The summed E-state index contributed by atoms with van der Waals surface area (Å²) in [5.74, 6) is -0.379. The average molecular weight is 239 g/mol. The Bertz CT molecular complexity index is 567. The van der Waals surface area contributed by atoms with Gasteiger partial charge < -0.3 is 5.73 Å². The van der Waals surface area contributed by atoms with E-state index in [0.717, 1.165) is 17.7 Å². The van der Waals surface area contributed by atoms with Gasteiger partial charge in [0.2, 0.25) is 0 Å². The van der Waals surface area contributed by atoms with Gasteiger partial charge in [-0.05, 0) is 31.0 Å². The van der Waals surface area contributed by atoms with Crippen molar-refractivity contribution in [2.75, 3.05) is 5.73 Å². The van der Waals surface area contributed by atoms with Gasteiger partial charge in [-0.2, -0.15) is 0 Å². The van der Waals surface area contributed by atoms with Crippen molar-refractivity contribution in [2.45, 2.75) is 20.3 Å². The number of aromatic nitrogens is 1. The first-order valence-electron chi connectivity index (χ1n) is 5.09. The molecular formula is C12H12ClFN2. The van der Waals surface area contributed by atoms with Crippen LogP contribution in [0, 0.1) is 12.7 Å². The summed E-state index contributed by atoms with van der Waals surface area (Å²) in [7, 11) is 0. The maximum absolute atomic E-state index is 13.7. The van der Waals surface area contributed by atoms with Gasteiger partial charge in [0, 0.05) is 11.4 Å². The van der Waals surface area contributed by atoms with E-state index >= 15 is 0 Å². The van der Waals surface area contributed by atoms with E-state index in [2.05, 4.69) is 4.98 Å². The van der Waals surface area contributed by atoms with E-state index in [1.807, 2.05) is 13.8 Å². The lowest BCUT2D eigenvalue weighted by molar-refractivity contribution is 0.639. The molecule has 0 aliphatic rings. The molecule has 1 heterocycles. The van der Waals surface area contributed by atoms with Gasteiger partial charge in [-0.15, -0.1) is 0 Å². The largest absolute Gasteiger partial charge is 0.398 e. The van der Waals surface area contributed by atoms with Crippen molar-refractivity contribution in [3.63, 3.8) is 0 Å². The standard InChI is InChI=1S/C12H12ClFN2/c1-3-9-6(2)11(15)10-8(14)5-4-7(13)12(10)16-9/h4-5H,3H2,1-2H3,(H2,15,16). The van der Waals surface area contributed by atoms with E-state index in [4.69, 9.17) is 17.3 Å². The number of fused-ring (bicyclic) bond motifs is 1. The topological polar surface area (TPSA) is 38.9 Å². The van der Waals surface area contributed by atoms with Crippen LogP contribution in [0.4, 0.5) is 10.1 Å². The third kappa shape index (κ3) is 1.52. The SMILES string of the molecule is CCc1nc2c(Cl)ccc(F)c2c(N)c1C. The van der Waals surface area contributed by atoms with Crippen LogP contribution >= 0.6 is 11.6 Å². The number of nitrogen functional groups attached to an aromatic ring is 1. The van der Waals surface area contributed by atoms with Gasteiger partial charge in [-0.3, -0.25) is 4.98 Å². The van der Waals surface area contributed by atoms with Gasteiger partial charge in [-0.1, -0.05) is 18.5 Å². The molecule has 0 fully saturated rings. The molecular weight excluding hydrogens is 227 g/mol. The van der Waals surface area contributed by atoms with Crippen LogP contribution in [0.15, 0.2) is 12.1 Å². The summed E-state index contributed by atoms with van der Waals surface area (Å²) < 4.78 is 13.7. The Morgan fingerprint density at radius 1 is 1.44 bits per heavy atom. The van der Waals surface area contributed by atoms with E-state index in [9.17, 15) is 4.39 Å². The fourth-order valence-corrected chi connectivity index (χ4v) is 2.01. The number of hydrogen-bond acceptors (Lipinski definition) is 2. The predicted molar refractivity (Wildman–Crippen MR) is 65.2 cm³/mol. The highest BCUT2D eigenvalue weighted by atomic mass is 35.5. The molecule has 2 rings (SSSR count). The van der Waals surface area contributed by atoms with Crippen LogP contribution in [0.5, 0.6) is 0 Å². The second-order valence-corrected chi connectivity index (χ2v) is 4.11. The molecule has 2 nitrogen and oxygen atoms in total. The summed E-state index contributed by atoms with van der Waals surface area (Å²) in [5, 5.41) is 0.750. The van der Waals surface area contributed by atoms with Crippen LogP contribution < -0.4 is 5.73 Å². The first-order valence-corrected chi connectivity index (χ1v) is 5.46. The maximum atomic E-state index is 13.7. The Morgan fingerprint density at radius 2 is 2.12 bits per heavy atom.